The highest BCUT2D eigenvalue weighted by Crippen LogP contribution is 2.17. The van der Waals surface area contributed by atoms with Crippen molar-refractivity contribution in [2.75, 3.05) is 19.0 Å². The molecule has 0 aromatic heterocycles. The van der Waals surface area contributed by atoms with Crippen LogP contribution in [0.2, 0.25) is 0 Å². The van der Waals surface area contributed by atoms with E-state index in [1.807, 2.05) is 11.8 Å². The molecule has 0 bridgehead atoms. The number of hydrogen-bond acceptors (Lipinski definition) is 1. The summed E-state index contributed by atoms with van der Waals surface area (Å²) in [6.07, 6.45) is 3.08. The largest absolute Gasteiger partial charge is 0.342 e. The van der Waals surface area contributed by atoms with Crippen molar-refractivity contribution in [3.63, 3.8) is 0 Å². The third-order valence-electron chi connectivity index (χ3n) is 2.38. The van der Waals surface area contributed by atoms with Crippen molar-refractivity contribution in [1.29, 1.82) is 0 Å². The fourth-order valence-electron chi connectivity index (χ4n) is 1.51. The van der Waals surface area contributed by atoms with Crippen LogP contribution in [0.25, 0.3) is 0 Å². The van der Waals surface area contributed by atoms with E-state index < -0.39 is 0 Å². The number of carbonyl (C=O) groups is 1. The summed E-state index contributed by atoms with van der Waals surface area (Å²) in [7, 11) is 0. The van der Waals surface area contributed by atoms with Gasteiger partial charge in [0.15, 0.2) is 0 Å². The second kappa shape index (κ2) is 4.70. The van der Waals surface area contributed by atoms with Crippen molar-refractivity contribution < 1.29 is 4.79 Å². The van der Waals surface area contributed by atoms with Crippen LogP contribution >= 0.6 is 11.6 Å². The predicted molar refractivity (Wildman–Crippen MR) is 50.3 cm³/mol. The van der Waals surface area contributed by atoms with Crippen LogP contribution < -0.4 is 0 Å². The molecule has 3 heteroatoms. The molecule has 1 aliphatic heterocycles. The third kappa shape index (κ3) is 2.37. The Bertz CT molecular complexity index is 161. The lowest BCUT2D eigenvalue weighted by molar-refractivity contribution is -0.130. The molecule has 2 nitrogen and oxygen atoms in total. The van der Waals surface area contributed by atoms with Gasteiger partial charge >= 0.3 is 0 Å². The molecule has 0 saturated carbocycles. The minimum atomic E-state index is 0.251. The first-order valence-corrected chi connectivity index (χ1v) is 5.14. The van der Waals surface area contributed by atoms with E-state index in [1.165, 1.54) is 0 Å². The van der Waals surface area contributed by atoms with Crippen molar-refractivity contribution >= 4 is 17.5 Å². The molecule has 1 saturated heterocycles. The monoisotopic (exact) mass is 189 g/mol. The molecule has 0 aromatic rings. The number of amides is 1. The second-order valence-corrected chi connectivity index (χ2v) is 3.79. The molecular formula is C9H16ClNO. The van der Waals surface area contributed by atoms with Crippen molar-refractivity contribution in [2.24, 2.45) is 5.92 Å². The lowest BCUT2D eigenvalue weighted by Crippen LogP contribution is -2.27. The molecular weight excluding hydrogens is 174 g/mol. The Hall–Kier alpha value is -0.240. The number of alkyl halides is 1. The fourth-order valence-corrected chi connectivity index (χ4v) is 1.70. The summed E-state index contributed by atoms with van der Waals surface area (Å²) in [6, 6.07) is 0. The van der Waals surface area contributed by atoms with Crippen molar-refractivity contribution in [2.45, 2.75) is 26.2 Å². The summed E-state index contributed by atoms with van der Waals surface area (Å²) in [6.45, 7) is 3.85. The standard InChI is InChI=1S/C9H16ClNO/c1-8-4-7-11(9(8)12)6-3-2-5-10/h8H,2-7H2,1H3/t8-/m0/s1. The van der Waals surface area contributed by atoms with Gasteiger partial charge in [0.2, 0.25) is 5.91 Å². The SMILES string of the molecule is C[C@H]1CCN(CCCCCl)C1=O. The Kier molecular flexibility index (Phi) is 3.86. The second-order valence-electron chi connectivity index (χ2n) is 3.41. The van der Waals surface area contributed by atoms with Crippen molar-refractivity contribution in [3.05, 3.63) is 0 Å². The minimum absolute atomic E-state index is 0.251. The number of rotatable bonds is 4. The van der Waals surface area contributed by atoms with Crippen LogP contribution in [0.15, 0.2) is 0 Å². The maximum atomic E-state index is 11.4. The van der Waals surface area contributed by atoms with Crippen LogP contribution in [0, 0.1) is 5.92 Å². The molecule has 0 N–H and O–H groups in total. The summed E-state index contributed by atoms with van der Waals surface area (Å²) in [4.78, 5) is 13.3. The average molecular weight is 190 g/mol. The van der Waals surface area contributed by atoms with Crippen LogP contribution in [0.4, 0.5) is 0 Å². The van der Waals surface area contributed by atoms with Gasteiger partial charge in [0, 0.05) is 24.9 Å². The van der Waals surface area contributed by atoms with Crippen LogP contribution in [-0.4, -0.2) is 29.8 Å². The first-order chi connectivity index (χ1) is 5.75. The van der Waals surface area contributed by atoms with E-state index in [2.05, 4.69) is 0 Å². The molecule has 0 spiro atoms. The van der Waals surface area contributed by atoms with Crippen molar-refractivity contribution in [1.82, 2.24) is 4.90 Å². The van der Waals surface area contributed by atoms with Gasteiger partial charge in [-0.25, -0.2) is 0 Å². The maximum absolute atomic E-state index is 11.4. The number of carbonyl (C=O) groups excluding carboxylic acids is 1. The summed E-state index contributed by atoms with van der Waals surface area (Å²) in [5, 5.41) is 0. The quantitative estimate of drug-likeness (QED) is 0.489. The van der Waals surface area contributed by atoms with Gasteiger partial charge in [0.05, 0.1) is 0 Å². The Balaban J connectivity index is 2.20. The third-order valence-corrected chi connectivity index (χ3v) is 2.64. The maximum Gasteiger partial charge on any atom is 0.225 e. The summed E-state index contributed by atoms with van der Waals surface area (Å²) in [5.74, 6) is 1.28. The average Bonchev–Trinajstić information content (AvgIpc) is 2.36. The minimum Gasteiger partial charge on any atom is -0.342 e. The topological polar surface area (TPSA) is 20.3 Å². The molecule has 1 aliphatic rings. The number of likely N-dealkylation sites (tertiary alicyclic amines) is 1. The van der Waals surface area contributed by atoms with E-state index in [-0.39, 0.29) is 5.92 Å². The predicted octanol–water partition coefficient (Wildman–Crippen LogP) is 1.87. The summed E-state index contributed by atoms with van der Waals surface area (Å²) in [5.41, 5.74) is 0. The normalized spacial score (nSPS) is 23.7. The van der Waals surface area contributed by atoms with Crippen LogP contribution in [0.5, 0.6) is 0 Å². The van der Waals surface area contributed by atoms with E-state index >= 15 is 0 Å². The zero-order valence-electron chi connectivity index (χ0n) is 7.55. The Morgan fingerprint density at radius 1 is 1.58 bits per heavy atom. The van der Waals surface area contributed by atoms with Gasteiger partial charge < -0.3 is 4.90 Å². The molecule has 0 unspecified atom stereocenters. The van der Waals surface area contributed by atoms with E-state index in [0.717, 1.165) is 32.4 Å². The zero-order valence-corrected chi connectivity index (χ0v) is 8.31. The van der Waals surface area contributed by atoms with Gasteiger partial charge in [-0.1, -0.05) is 6.92 Å². The molecule has 12 heavy (non-hydrogen) atoms. The number of unbranched alkanes of at least 4 members (excludes halogenated alkanes) is 1. The Morgan fingerprint density at radius 3 is 2.83 bits per heavy atom. The van der Waals surface area contributed by atoms with E-state index in [4.69, 9.17) is 11.6 Å². The van der Waals surface area contributed by atoms with Crippen LogP contribution in [0.3, 0.4) is 0 Å². The highest BCUT2D eigenvalue weighted by Gasteiger charge is 2.26. The van der Waals surface area contributed by atoms with Gasteiger partial charge in [0.25, 0.3) is 0 Å². The summed E-state index contributed by atoms with van der Waals surface area (Å²) >= 11 is 5.55. The highest BCUT2D eigenvalue weighted by molar-refractivity contribution is 6.17. The molecule has 1 amide bonds. The smallest absolute Gasteiger partial charge is 0.225 e. The lowest BCUT2D eigenvalue weighted by atomic mass is 10.1. The first-order valence-electron chi connectivity index (χ1n) is 4.60. The zero-order chi connectivity index (χ0) is 8.97. The van der Waals surface area contributed by atoms with Crippen molar-refractivity contribution in [3.8, 4) is 0 Å². The molecule has 70 valence electrons. The summed E-state index contributed by atoms with van der Waals surface area (Å²) < 4.78 is 0. The van der Waals surface area contributed by atoms with E-state index in [9.17, 15) is 4.79 Å². The molecule has 1 rings (SSSR count). The van der Waals surface area contributed by atoms with E-state index in [1.54, 1.807) is 0 Å². The number of nitrogens with zero attached hydrogens (tertiary/aromatic N) is 1. The number of hydrogen-bond donors (Lipinski definition) is 0. The molecule has 1 heterocycles. The van der Waals surface area contributed by atoms with Gasteiger partial charge in [0.1, 0.15) is 0 Å². The molecule has 1 atom stereocenters. The fraction of sp³-hybridized carbons (Fsp3) is 0.889. The van der Waals surface area contributed by atoms with Gasteiger partial charge in [-0.05, 0) is 19.3 Å². The molecule has 1 fully saturated rings. The molecule has 0 aliphatic carbocycles. The van der Waals surface area contributed by atoms with Gasteiger partial charge in [-0.2, -0.15) is 0 Å². The Morgan fingerprint density at radius 2 is 2.33 bits per heavy atom. The molecule has 0 aromatic carbocycles. The van der Waals surface area contributed by atoms with Crippen LogP contribution in [0.1, 0.15) is 26.2 Å². The van der Waals surface area contributed by atoms with Gasteiger partial charge in [-0.3, -0.25) is 4.79 Å². The van der Waals surface area contributed by atoms with Crippen LogP contribution in [-0.2, 0) is 4.79 Å². The van der Waals surface area contributed by atoms with Gasteiger partial charge in [-0.15, -0.1) is 11.6 Å². The first kappa shape index (κ1) is 9.85. The lowest BCUT2D eigenvalue weighted by Gasteiger charge is -2.15. The number of halogens is 1. The van der Waals surface area contributed by atoms with E-state index in [0.29, 0.717) is 11.8 Å². The highest BCUT2D eigenvalue weighted by atomic mass is 35.5. The Labute approximate surface area is 78.9 Å². The molecule has 0 radical (unpaired) electrons.